The minimum absolute atomic E-state index is 0.181. The number of ether oxygens (including phenoxy) is 1. The summed E-state index contributed by atoms with van der Waals surface area (Å²) in [6, 6.07) is 0. The third-order valence-electron chi connectivity index (χ3n) is 4.72. The number of esters is 1. The first kappa shape index (κ1) is 19.6. The van der Waals surface area contributed by atoms with Gasteiger partial charge in [-0.2, -0.15) is 4.98 Å². The Hall–Kier alpha value is -2.16. The number of aromatic nitrogens is 2. The van der Waals surface area contributed by atoms with Crippen LogP contribution in [0.5, 0.6) is 0 Å². The van der Waals surface area contributed by atoms with E-state index < -0.39 is 5.41 Å². The molecule has 1 aliphatic carbocycles. The molecule has 2 heterocycles. The van der Waals surface area contributed by atoms with E-state index in [0.717, 1.165) is 29.6 Å². The molecule has 0 aromatic carbocycles. The van der Waals surface area contributed by atoms with Gasteiger partial charge >= 0.3 is 5.97 Å². The maximum absolute atomic E-state index is 12.0. The van der Waals surface area contributed by atoms with E-state index in [1.807, 2.05) is 13.8 Å². The number of rotatable bonds is 8. The smallest absolute Gasteiger partial charge is 0.313 e. The third-order valence-corrected chi connectivity index (χ3v) is 5.30. The molecule has 8 nitrogen and oxygen atoms in total. The fourth-order valence-electron chi connectivity index (χ4n) is 2.87. The molecule has 1 aromatic heterocycles. The zero-order valence-electron chi connectivity index (χ0n) is 15.6. The number of nitrogens with zero attached hydrogens (tertiary/aromatic N) is 3. The Morgan fingerprint density at radius 3 is 2.93 bits per heavy atom. The number of nitrogens with one attached hydrogen (secondary N) is 2. The van der Waals surface area contributed by atoms with Gasteiger partial charge in [-0.15, -0.1) is 0 Å². The Labute approximate surface area is 167 Å². The Balaban J connectivity index is 1.79. The maximum Gasteiger partial charge on any atom is 0.313 e. The third kappa shape index (κ3) is 4.58. The molecule has 0 amide bonds. The highest BCUT2D eigenvalue weighted by atomic mass is 79.9. The van der Waals surface area contributed by atoms with Crippen LogP contribution in [-0.2, 0) is 9.53 Å². The van der Waals surface area contributed by atoms with Crippen LogP contribution in [0.25, 0.3) is 0 Å². The van der Waals surface area contributed by atoms with Crippen molar-refractivity contribution in [1.29, 1.82) is 0 Å². The van der Waals surface area contributed by atoms with Crippen molar-refractivity contribution < 1.29 is 9.53 Å². The van der Waals surface area contributed by atoms with Gasteiger partial charge in [-0.25, -0.2) is 4.98 Å². The van der Waals surface area contributed by atoms with Gasteiger partial charge in [0.15, 0.2) is 0 Å². The van der Waals surface area contributed by atoms with E-state index in [-0.39, 0.29) is 5.97 Å². The first-order valence-corrected chi connectivity index (χ1v) is 9.93. The maximum atomic E-state index is 12.0. The SMILES string of the molecule is CCNc1nc(N/C(=C/N)C(=NC[C@@]2(C)CCOC2=O)C2CC2)ncc1Br. The molecular formula is C18H25BrN6O2. The number of anilines is 2. The van der Waals surface area contributed by atoms with Gasteiger partial charge in [-0.1, -0.05) is 0 Å². The number of carbonyl (C=O) groups is 1. The quantitative estimate of drug-likeness (QED) is 0.423. The standard InChI is InChI=1S/C18H25BrN6O2/c1-3-21-15-12(19)9-22-17(25-15)24-13(8-20)14(11-4-5-11)23-10-18(2)6-7-27-16(18)26/h8-9,11H,3-7,10,20H2,1-2H3,(H2,21,22,24,25)/b13-8+,23-14?/t18-/m1/s1. The number of hydrogen-bond acceptors (Lipinski definition) is 8. The molecule has 3 rings (SSSR count). The van der Waals surface area contributed by atoms with Gasteiger partial charge in [0.25, 0.3) is 0 Å². The highest BCUT2D eigenvalue weighted by molar-refractivity contribution is 9.10. The van der Waals surface area contributed by atoms with Gasteiger partial charge < -0.3 is 21.1 Å². The van der Waals surface area contributed by atoms with E-state index >= 15 is 0 Å². The van der Waals surface area contributed by atoms with Crippen LogP contribution in [0.4, 0.5) is 11.8 Å². The van der Waals surface area contributed by atoms with Crippen LogP contribution in [0.15, 0.2) is 27.6 Å². The first-order chi connectivity index (χ1) is 13.0. The topological polar surface area (TPSA) is 115 Å². The first-order valence-electron chi connectivity index (χ1n) is 9.14. The van der Waals surface area contributed by atoms with Crippen molar-refractivity contribution in [2.75, 3.05) is 30.3 Å². The summed E-state index contributed by atoms with van der Waals surface area (Å²) < 4.78 is 5.90. The monoisotopic (exact) mass is 436 g/mol. The average molecular weight is 437 g/mol. The molecule has 0 unspecified atom stereocenters. The summed E-state index contributed by atoms with van der Waals surface area (Å²) in [7, 11) is 0. The Kier molecular flexibility index (Phi) is 5.98. The van der Waals surface area contributed by atoms with Gasteiger partial charge in [-0.05, 0) is 49.0 Å². The average Bonchev–Trinajstić information content (AvgIpc) is 3.43. The highest BCUT2D eigenvalue weighted by Gasteiger charge is 2.40. The lowest BCUT2D eigenvalue weighted by Crippen LogP contribution is -2.27. The fraction of sp³-hybridized carbons (Fsp3) is 0.556. The molecule has 2 fully saturated rings. The summed E-state index contributed by atoms with van der Waals surface area (Å²) in [6.07, 6.45) is 5.98. The van der Waals surface area contributed by atoms with Crippen molar-refractivity contribution in [3.05, 3.63) is 22.6 Å². The van der Waals surface area contributed by atoms with Crippen LogP contribution in [0.2, 0.25) is 0 Å². The zero-order valence-corrected chi connectivity index (χ0v) is 17.2. The number of allylic oxidation sites excluding steroid dienone is 1. The Morgan fingerprint density at radius 1 is 1.56 bits per heavy atom. The second-order valence-corrected chi connectivity index (χ2v) is 7.90. The Morgan fingerprint density at radius 2 is 2.33 bits per heavy atom. The van der Waals surface area contributed by atoms with Crippen molar-refractivity contribution in [3.63, 3.8) is 0 Å². The molecule has 27 heavy (non-hydrogen) atoms. The van der Waals surface area contributed by atoms with Crippen LogP contribution in [0.1, 0.15) is 33.1 Å². The molecule has 146 valence electrons. The molecule has 0 spiro atoms. The molecule has 0 radical (unpaired) electrons. The van der Waals surface area contributed by atoms with E-state index in [4.69, 9.17) is 15.5 Å². The summed E-state index contributed by atoms with van der Waals surface area (Å²) in [5.41, 5.74) is 6.87. The van der Waals surface area contributed by atoms with Crippen LogP contribution < -0.4 is 16.4 Å². The van der Waals surface area contributed by atoms with Crippen LogP contribution in [0, 0.1) is 11.3 Å². The summed E-state index contributed by atoms with van der Waals surface area (Å²) >= 11 is 3.43. The highest BCUT2D eigenvalue weighted by Crippen LogP contribution is 2.35. The van der Waals surface area contributed by atoms with E-state index in [0.29, 0.717) is 43.0 Å². The molecule has 9 heteroatoms. The van der Waals surface area contributed by atoms with Crippen molar-refractivity contribution >= 4 is 39.4 Å². The number of carbonyl (C=O) groups excluding carboxylic acids is 1. The van der Waals surface area contributed by atoms with Crippen molar-refractivity contribution in [2.24, 2.45) is 22.1 Å². The number of nitrogens with two attached hydrogens (primary N) is 1. The van der Waals surface area contributed by atoms with Gasteiger partial charge in [0.1, 0.15) is 5.82 Å². The van der Waals surface area contributed by atoms with Crippen LogP contribution in [-0.4, -0.2) is 41.3 Å². The van der Waals surface area contributed by atoms with E-state index in [2.05, 4.69) is 36.5 Å². The fourth-order valence-corrected chi connectivity index (χ4v) is 3.20. The molecule has 2 aliphatic rings. The summed E-state index contributed by atoms with van der Waals surface area (Å²) in [5, 5.41) is 6.35. The second kappa shape index (κ2) is 8.24. The normalized spacial score (nSPS) is 23.3. The lowest BCUT2D eigenvalue weighted by molar-refractivity contribution is -0.145. The van der Waals surface area contributed by atoms with Crippen molar-refractivity contribution in [3.8, 4) is 0 Å². The summed E-state index contributed by atoms with van der Waals surface area (Å²) in [6.45, 7) is 5.50. The van der Waals surface area contributed by atoms with Gasteiger partial charge in [0.2, 0.25) is 5.95 Å². The zero-order chi connectivity index (χ0) is 19.4. The molecular weight excluding hydrogens is 412 g/mol. The largest absolute Gasteiger partial charge is 0.465 e. The van der Waals surface area contributed by atoms with E-state index in [1.165, 1.54) is 6.20 Å². The molecule has 1 aromatic rings. The van der Waals surface area contributed by atoms with Crippen molar-refractivity contribution in [1.82, 2.24) is 9.97 Å². The molecule has 1 saturated carbocycles. The lowest BCUT2D eigenvalue weighted by atomic mass is 9.89. The molecule has 4 N–H and O–H groups in total. The number of hydrogen-bond donors (Lipinski definition) is 3. The summed E-state index contributed by atoms with van der Waals surface area (Å²) in [4.78, 5) is 25.5. The van der Waals surface area contributed by atoms with Gasteiger partial charge in [0.05, 0.1) is 34.4 Å². The molecule has 1 saturated heterocycles. The lowest BCUT2D eigenvalue weighted by Gasteiger charge is -2.18. The molecule has 0 bridgehead atoms. The minimum atomic E-state index is -0.563. The van der Waals surface area contributed by atoms with Gasteiger partial charge in [-0.3, -0.25) is 9.79 Å². The predicted molar refractivity (Wildman–Crippen MR) is 108 cm³/mol. The van der Waals surface area contributed by atoms with E-state index in [9.17, 15) is 4.79 Å². The number of cyclic esters (lactones) is 1. The van der Waals surface area contributed by atoms with Crippen LogP contribution in [0.3, 0.4) is 0 Å². The van der Waals surface area contributed by atoms with Crippen LogP contribution >= 0.6 is 15.9 Å². The molecule has 1 atom stereocenters. The summed E-state index contributed by atoms with van der Waals surface area (Å²) in [5.74, 6) is 1.30. The predicted octanol–water partition coefficient (Wildman–Crippen LogP) is 2.69. The molecule has 1 aliphatic heterocycles. The van der Waals surface area contributed by atoms with E-state index in [1.54, 1.807) is 6.20 Å². The second-order valence-electron chi connectivity index (χ2n) is 7.05. The minimum Gasteiger partial charge on any atom is -0.465 e. The van der Waals surface area contributed by atoms with Crippen molar-refractivity contribution in [2.45, 2.75) is 33.1 Å². The van der Waals surface area contributed by atoms with Gasteiger partial charge in [0, 0.05) is 24.9 Å². The number of halogens is 1. The Bertz CT molecular complexity index is 777. The number of aliphatic imine (C=N–C) groups is 1.